The first-order valence-corrected chi connectivity index (χ1v) is 16.3. The van der Waals surface area contributed by atoms with Crippen LogP contribution < -0.4 is 0 Å². The van der Waals surface area contributed by atoms with Gasteiger partial charge in [-0.15, -0.1) is 0 Å². The number of carbonyl (C=O) groups is 4. The Labute approximate surface area is 267 Å². The average molecular weight is 673 g/mol. The fraction of sp³-hybridized carbons (Fsp3) is 0.576. The lowest BCUT2D eigenvalue weighted by atomic mass is 9.74. The summed E-state index contributed by atoms with van der Waals surface area (Å²) in [5, 5.41) is 10.2. The Bertz CT molecular complexity index is 1340. The molecule has 238 valence electrons. The maximum Gasteiger partial charge on any atom is 0.313 e. The van der Waals surface area contributed by atoms with Crippen LogP contribution in [0.5, 0.6) is 0 Å². The van der Waals surface area contributed by atoms with Gasteiger partial charge in [0.25, 0.3) is 0 Å². The Morgan fingerprint density at radius 2 is 1.82 bits per heavy atom. The largest absolute Gasteiger partial charge is 0.455 e. The second-order valence-corrected chi connectivity index (χ2v) is 13.2. The van der Waals surface area contributed by atoms with Crippen LogP contribution in [0.1, 0.15) is 58.1 Å². The fourth-order valence-corrected chi connectivity index (χ4v) is 7.74. The second kappa shape index (κ2) is 13.1. The van der Waals surface area contributed by atoms with Crippen molar-refractivity contribution in [1.82, 2.24) is 14.7 Å². The number of allylic oxidation sites excluding steroid dienone is 1. The number of amides is 3. The number of nitrogens with zero attached hydrogens (tertiary/aromatic N) is 3. The van der Waals surface area contributed by atoms with Gasteiger partial charge in [-0.2, -0.15) is 0 Å². The number of likely N-dealkylation sites (tertiary alicyclic amines) is 1. The first-order chi connectivity index (χ1) is 21.1. The molecule has 4 heterocycles. The number of hydrogen-bond donors (Lipinski definition) is 1. The van der Waals surface area contributed by atoms with Gasteiger partial charge < -0.3 is 29.3 Å². The zero-order valence-corrected chi connectivity index (χ0v) is 27.3. The van der Waals surface area contributed by atoms with E-state index in [2.05, 4.69) is 15.9 Å². The van der Waals surface area contributed by atoms with E-state index in [1.165, 1.54) is 4.90 Å². The molecular weight excluding hydrogens is 630 g/mol. The minimum Gasteiger partial charge on any atom is -0.455 e. The highest BCUT2D eigenvalue weighted by Gasteiger charge is 2.75. The Morgan fingerprint density at radius 1 is 1.09 bits per heavy atom. The third-order valence-corrected chi connectivity index (χ3v) is 10.2. The molecule has 0 unspecified atom stereocenters. The molecule has 4 aliphatic rings. The highest BCUT2D eigenvalue weighted by atomic mass is 79.9. The van der Waals surface area contributed by atoms with Crippen LogP contribution in [0.25, 0.3) is 0 Å². The second-order valence-electron chi connectivity index (χ2n) is 12.3. The third kappa shape index (κ3) is 5.51. The average Bonchev–Trinajstić information content (AvgIpc) is 3.62. The van der Waals surface area contributed by atoms with Crippen molar-refractivity contribution >= 4 is 39.6 Å². The number of ether oxygens (including phenoxy) is 2. The number of hydrogen-bond acceptors (Lipinski definition) is 7. The standard InChI is InChI=1S/C33H42BrN3O7/c1-5-6-16-36-17-12-8-11-15-24(39)35(4)21(3)27(22-13-9-7-10-14-22)43-32(42)25-26-30(40)37(20(2)19-38)29(31(36)41)33(26)18-23(34)28(25)44-33/h7-10,12-14,18,20-21,25-29,38H,5-6,11,15-17,19H2,1-4H3/b12-8-/t20-,21-,25+,26-,27+,28+,29+,33-/m1/s1. The van der Waals surface area contributed by atoms with E-state index in [9.17, 15) is 24.3 Å². The van der Waals surface area contributed by atoms with Gasteiger partial charge in [-0.25, -0.2) is 0 Å². The SMILES string of the molecule is CCCCN1C/C=C\CCC(=O)N(C)[C@H](C)[C@@H](c2ccccc2)OC(=O)[C@@H]2[C@H]3O[C@@]4(C=C3Br)[C@H](C1=O)N([C@H](C)CO)C(=O)[C@@H]24. The highest BCUT2D eigenvalue weighted by molar-refractivity contribution is 9.11. The van der Waals surface area contributed by atoms with Gasteiger partial charge in [-0.1, -0.05) is 71.8 Å². The van der Waals surface area contributed by atoms with Gasteiger partial charge >= 0.3 is 5.97 Å². The first kappa shape index (κ1) is 32.4. The number of benzene rings is 1. The van der Waals surface area contributed by atoms with E-state index in [1.54, 1.807) is 29.8 Å². The van der Waals surface area contributed by atoms with Gasteiger partial charge in [0, 0.05) is 31.0 Å². The van der Waals surface area contributed by atoms with Crippen LogP contribution >= 0.6 is 15.9 Å². The minimum atomic E-state index is -1.41. The van der Waals surface area contributed by atoms with Gasteiger partial charge in [0.2, 0.25) is 17.7 Å². The van der Waals surface area contributed by atoms with E-state index in [0.717, 1.165) is 12.8 Å². The number of fused-ring (bicyclic) bond motifs is 2. The van der Waals surface area contributed by atoms with E-state index in [-0.39, 0.29) is 24.8 Å². The van der Waals surface area contributed by atoms with E-state index in [4.69, 9.17) is 9.47 Å². The predicted molar refractivity (Wildman–Crippen MR) is 166 cm³/mol. The molecular formula is C33H42BrN3O7. The molecule has 1 aromatic carbocycles. The van der Waals surface area contributed by atoms with Crippen molar-refractivity contribution in [3.63, 3.8) is 0 Å². The maximum atomic E-state index is 14.5. The van der Waals surface area contributed by atoms with Crippen molar-refractivity contribution in [2.24, 2.45) is 11.8 Å². The van der Waals surface area contributed by atoms with Crippen LogP contribution in [-0.4, -0.2) is 100 Å². The monoisotopic (exact) mass is 671 g/mol. The normalized spacial score (nSPS) is 34.2. The quantitative estimate of drug-likeness (QED) is 0.364. The summed E-state index contributed by atoms with van der Waals surface area (Å²) in [4.78, 5) is 61.0. The zero-order chi connectivity index (χ0) is 31.8. The van der Waals surface area contributed by atoms with Gasteiger partial charge in [0.1, 0.15) is 29.8 Å². The van der Waals surface area contributed by atoms with Crippen molar-refractivity contribution in [1.29, 1.82) is 0 Å². The molecule has 1 spiro atoms. The molecule has 1 aromatic rings. The minimum absolute atomic E-state index is 0.0990. The summed E-state index contributed by atoms with van der Waals surface area (Å²) in [6, 6.07) is 6.97. The van der Waals surface area contributed by atoms with Gasteiger partial charge in [-0.3, -0.25) is 19.2 Å². The smallest absolute Gasteiger partial charge is 0.313 e. The molecule has 4 aliphatic heterocycles. The number of carbonyl (C=O) groups excluding carboxylic acids is 4. The van der Waals surface area contributed by atoms with Crippen molar-refractivity contribution < 1.29 is 33.8 Å². The number of esters is 1. The zero-order valence-electron chi connectivity index (χ0n) is 25.7. The molecule has 5 rings (SSSR count). The molecule has 2 fully saturated rings. The van der Waals surface area contributed by atoms with Gasteiger partial charge in [0.05, 0.1) is 24.6 Å². The number of aliphatic hydroxyl groups excluding tert-OH is 1. The van der Waals surface area contributed by atoms with Crippen molar-refractivity contribution in [2.45, 2.75) is 82.4 Å². The molecule has 5 bridgehead atoms. The van der Waals surface area contributed by atoms with Crippen LogP contribution in [0.4, 0.5) is 0 Å². The van der Waals surface area contributed by atoms with E-state index < -0.39 is 59.6 Å². The molecule has 11 heteroatoms. The molecule has 10 nitrogen and oxygen atoms in total. The lowest BCUT2D eigenvalue weighted by Crippen LogP contribution is -2.58. The number of cyclic esters (lactones) is 1. The fourth-order valence-electron chi connectivity index (χ4n) is 7.01. The van der Waals surface area contributed by atoms with Crippen molar-refractivity contribution in [3.8, 4) is 0 Å². The Kier molecular flexibility index (Phi) is 9.67. The molecule has 8 atom stereocenters. The summed E-state index contributed by atoms with van der Waals surface area (Å²) in [5.74, 6) is -3.52. The summed E-state index contributed by atoms with van der Waals surface area (Å²) in [5.41, 5.74) is -0.694. The Hall–Kier alpha value is -3.02. The molecule has 3 amide bonds. The van der Waals surface area contributed by atoms with Crippen LogP contribution in [0.3, 0.4) is 0 Å². The summed E-state index contributed by atoms with van der Waals surface area (Å²) in [6.45, 7) is 5.97. The van der Waals surface area contributed by atoms with Crippen molar-refractivity contribution in [2.75, 3.05) is 26.7 Å². The number of halogens is 1. The number of aliphatic hydroxyl groups is 1. The maximum absolute atomic E-state index is 14.5. The van der Waals surface area contributed by atoms with Gasteiger partial charge in [0.15, 0.2) is 0 Å². The molecule has 0 saturated carbocycles. The van der Waals surface area contributed by atoms with Crippen LogP contribution in [0, 0.1) is 11.8 Å². The molecule has 1 N–H and O–H groups in total. The van der Waals surface area contributed by atoms with E-state index in [0.29, 0.717) is 29.6 Å². The van der Waals surface area contributed by atoms with E-state index in [1.807, 2.05) is 56.3 Å². The first-order valence-electron chi connectivity index (χ1n) is 15.5. The Balaban J connectivity index is 1.62. The van der Waals surface area contributed by atoms with Crippen LogP contribution in [0.15, 0.2) is 53.0 Å². The number of likely N-dealkylation sites (N-methyl/N-ethyl adjacent to an activating group) is 1. The number of rotatable bonds is 6. The topological polar surface area (TPSA) is 117 Å². The Morgan fingerprint density at radius 3 is 2.50 bits per heavy atom. The highest BCUT2D eigenvalue weighted by Crippen LogP contribution is 2.59. The summed E-state index contributed by atoms with van der Waals surface area (Å²) >= 11 is 3.58. The summed E-state index contributed by atoms with van der Waals surface area (Å²) < 4.78 is 13.4. The molecule has 2 saturated heterocycles. The summed E-state index contributed by atoms with van der Waals surface area (Å²) in [6.07, 6.45) is 6.28. The molecule has 0 radical (unpaired) electrons. The lowest BCUT2D eigenvalue weighted by Gasteiger charge is -2.37. The van der Waals surface area contributed by atoms with Crippen LogP contribution in [-0.2, 0) is 28.7 Å². The lowest BCUT2D eigenvalue weighted by molar-refractivity contribution is -0.164. The molecule has 44 heavy (non-hydrogen) atoms. The van der Waals surface area contributed by atoms with E-state index >= 15 is 0 Å². The summed E-state index contributed by atoms with van der Waals surface area (Å²) in [7, 11) is 1.70. The molecule has 0 aliphatic carbocycles. The van der Waals surface area contributed by atoms with Gasteiger partial charge in [-0.05, 0) is 38.3 Å². The number of unbranched alkanes of at least 4 members (excludes halogenated alkanes) is 1. The molecule has 0 aromatic heterocycles. The van der Waals surface area contributed by atoms with Crippen molar-refractivity contribution in [3.05, 3.63) is 58.6 Å². The van der Waals surface area contributed by atoms with Crippen LogP contribution in [0.2, 0.25) is 0 Å². The predicted octanol–water partition coefficient (Wildman–Crippen LogP) is 3.35. The third-order valence-electron chi connectivity index (χ3n) is 9.53.